The lowest BCUT2D eigenvalue weighted by atomic mass is 9.79. The van der Waals surface area contributed by atoms with Gasteiger partial charge in [0.05, 0.1) is 23.9 Å². The van der Waals surface area contributed by atoms with Gasteiger partial charge in [0.1, 0.15) is 0 Å². The van der Waals surface area contributed by atoms with Crippen molar-refractivity contribution in [2.24, 2.45) is 0 Å². The molecule has 0 amide bonds. The molecular formula is C13H18BN5O3. The molecule has 22 heavy (non-hydrogen) atoms. The van der Waals surface area contributed by atoms with E-state index in [4.69, 9.17) is 14.0 Å². The minimum Gasteiger partial charge on any atom is -0.480 e. The third-order valence-corrected chi connectivity index (χ3v) is 4.18. The third kappa shape index (κ3) is 2.36. The molecule has 1 aliphatic heterocycles. The first kappa shape index (κ1) is 14.9. The van der Waals surface area contributed by atoms with E-state index in [0.29, 0.717) is 17.3 Å². The summed E-state index contributed by atoms with van der Waals surface area (Å²) in [5.41, 5.74) is 0.580. The van der Waals surface area contributed by atoms with Crippen molar-refractivity contribution in [2.75, 3.05) is 7.11 Å². The lowest BCUT2D eigenvalue weighted by Gasteiger charge is -2.32. The molecule has 1 N–H and O–H groups in total. The van der Waals surface area contributed by atoms with Gasteiger partial charge in [0.15, 0.2) is 0 Å². The van der Waals surface area contributed by atoms with E-state index in [1.54, 1.807) is 13.3 Å². The van der Waals surface area contributed by atoms with Crippen LogP contribution in [0.2, 0.25) is 0 Å². The summed E-state index contributed by atoms with van der Waals surface area (Å²) in [6.07, 6.45) is 1.67. The third-order valence-electron chi connectivity index (χ3n) is 4.18. The number of H-pyrrole nitrogens is 1. The smallest absolute Gasteiger partial charge is 0.480 e. The summed E-state index contributed by atoms with van der Waals surface area (Å²) in [7, 11) is 1.04. The summed E-state index contributed by atoms with van der Waals surface area (Å²) in [4.78, 5) is 4.29. The van der Waals surface area contributed by atoms with Gasteiger partial charge in [0.25, 0.3) is 0 Å². The lowest BCUT2D eigenvalue weighted by Crippen LogP contribution is -2.41. The molecule has 0 atom stereocenters. The molecule has 0 aromatic carbocycles. The topological polar surface area (TPSA) is 95.0 Å². The summed E-state index contributed by atoms with van der Waals surface area (Å²) in [6, 6.07) is 1.85. The first-order chi connectivity index (χ1) is 10.3. The van der Waals surface area contributed by atoms with Gasteiger partial charge in [-0.3, -0.25) is 0 Å². The largest absolute Gasteiger partial charge is 0.496 e. The fraction of sp³-hybridized carbons (Fsp3) is 0.538. The standard InChI is InChI=1S/C13H18BN5O3/c1-12(2)13(3,4)22-14(21-12)8-6-9(10-16-18-19-17-10)11(20-5)15-7-8/h6-7H,1-5H3,(H,16,17,18,19). The van der Waals surface area contributed by atoms with Crippen LogP contribution in [0.3, 0.4) is 0 Å². The van der Waals surface area contributed by atoms with Crippen LogP contribution in [0, 0.1) is 0 Å². The van der Waals surface area contributed by atoms with E-state index in [2.05, 4.69) is 25.6 Å². The maximum atomic E-state index is 6.03. The monoisotopic (exact) mass is 303 g/mol. The fourth-order valence-corrected chi connectivity index (χ4v) is 2.18. The molecule has 3 rings (SSSR count). The predicted molar refractivity (Wildman–Crippen MR) is 79.7 cm³/mol. The Hall–Kier alpha value is -2.00. The highest BCUT2D eigenvalue weighted by molar-refractivity contribution is 6.62. The Balaban J connectivity index is 1.98. The number of nitrogens with zero attached hydrogens (tertiary/aromatic N) is 4. The summed E-state index contributed by atoms with van der Waals surface area (Å²) in [5, 5.41) is 13.9. The highest BCUT2D eigenvalue weighted by Gasteiger charge is 2.52. The first-order valence-corrected chi connectivity index (χ1v) is 6.97. The summed E-state index contributed by atoms with van der Waals surface area (Å²) in [5.74, 6) is 0.824. The predicted octanol–water partition coefficient (Wildman–Crippen LogP) is 0.569. The molecule has 8 nitrogen and oxygen atoms in total. The fourth-order valence-electron chi connectivity index (χ4n) is 2.18. The number of pyridine rings is 1. The quantitative estimate of drug-likeness (QED) is 0.828. The number of tetrazole rings is 1. The number of aromatic amines is 1. The number of aromatic nitrogens is 5. The van der Waals surface area contributed by atoms with Crippen LogP contribution >= 0.6 is 0 Å². The van der Waals surface area contributed by atoms with Crippen LogP contribution < -0.4 is 10.2 Å². The maximum absolute atomic E-state index is 6.03. The molecule has 1 saturated heterocycles. The van der Waals surface area contributed by atoms with Crippen molar-refractivity contribution in [3.05, 3.63) is 12.3 Å². The SMILES string of the molecule is COc1ncc(B2OC(C)(C)C(C)(C)O2)cc1-c1nn[nH]n1. The Labute approximate surface area is 128 Å². The number of hydrogen-bond acceptors (Lipinski definition) is 7. The van der Waals surface area contributed by atoms with Crippen molar-refractivity contribution in [2.45, 2.75) is 38.9 Å². The van der Waals surface area contributed by atoms with Crippen LogP contribution in [0.1, 0.15) is 27.7 Å². The summed E-state index contributed by atoms with van der Waals surface area (Å²) < 4.78 is 17.3. The Bertz CT molecular complexity index is 658. The highest BCUT2D eigenvalue weighted by Crippen LogP contribution is 2.36. The number of ether oxygens (including phenoxy) is 1. The Morgan fingerprint density at radius 2 is 1.86 bits per heavy atom. The minimum absolute atomic E-state index is 0.405. The van der Waals surface area contributed by atoms with Gasteiger partial charge in [-0.15, -0.1) is 10.2 Å². The molecule has 1 fully saturated rings. The van der Waals surface area contributed by atoms with Gasteiger partial charge in [-0.05, 0) is 39.0 Å². The first-order valence-electron chi connectivity index (χ1n) is 6.97. The molecule has 0 bridgehead atoms. The van der Waals surface area contributed by atoms with E-state index in [1.807, 2.05) is 33.8 Å². The van der Waals surface area contributed by atoms with Gasteiger partial charge >= 0.3 is 7.12 Å². The van der Waals surface area contributed by atoms with E-state index in [-0.39, 0.29) is 0 Å². The molecule has 9 heteroatoms. The van der Waals surface area contributed by atoms with E-state index >= 15 is 0 Å². The molecule has 2 aromatic rings. The molecule has 3 heterocycles. The van der Waals surface area contributed by atoms with Crippen molar-refractivity contribution in [3.8, 4) is 17.3 Å². The molecule has 0 aliphatic carbocycles. The number of rotatable bonds is 3. The van der Waals surface area contributed by atoms with Crippen LogP contribution in [0.4, 0.5) is 0 Å². The van der Waals surface area contributed by atoms with Crippen molar-refractivity contribution in [1.82, 2.24) is 25.6 Å². The van der Waals surface area contributed by atoms with Crippen molar-refractivity contribution in [1.29, 1.82) is 0 Å². The van der Waals surface area contributed by atoms with Gasteiger partial charge < -0.3 is 14.0 Å². The number of nitrogens with one attached hydrogen (secondary N) is 1. The van der Waals surface area contributed by atoms with Gasteiger partial charge in [-0.25, -0.2) is 4.98 Å². The molecular weight excluding hydrogens is 285 g/mol. The average Bonchev–Trinajstić information content (AvgIpc) is 3.05. The minimum atomic E-state index is -0.506. The van der Waals surface area contributed by atoms with Gasteiger partial charge in [-0.1, -0.05) is 0 Å². The van der Waals surface area contributed by atoms with Crippen LogP contribution in [0.5, 0.6) is 5.88 Å². The second kappa shape index (κ2) is 5.03. The zero-order chi connectivity index (χ0) is 16.0. The van der Waals surface area contributed by atoms with Crippen molar-refractivity contribution in [3.63, 3.8) is 0 Å². The van der Waals surface area contributed by atoms with Crippen LogP contribution in [0.25, 0.3) is 11.4 Å². The molecule has 2 aromatic heterocycles. The van der Waals surface area contributed by atoms with Gasteiger partial charge in [0.2, 0.25) is 11.7 Å². The Morgan fingerprint density at radius 1 is 1.18 bits per heavy atom. The van der Waals surface area contributed by atoms with Crippen molar-refractivity contribution < 1.29 is 14.0 Å². The molecule has 0 radical (unpaired) electrons. The number of hydrogen-bond donors (Lipinski definition) is 1. The molecule has 0 saturated carbocycles. The molecule has 0 spiro atoms. The van der Waals surface area contributed by atoms with E-state index in [1.165, 1.54) is 0 Å². The summed E-state index contributed by atoms with van der Waals surface area (Å²) in [6.45, 7) is 8.02. The van der Waals surface area contributed by atoms with Gasteiger partial charge in [-0.2, -0.15) is 5.21 Å². The van der Waals surface area contributed by atoms with E-state index in [0.717, 1.165) is 5.46 Å². The average molecular weight is 303 g/mol. The lowest BCUT2D eigenvalue weighted by molar-refractivity contribution is 0.00578. The molecule has 0 unspecified atom stereocenters. The molecule has 1 aliphatic rings. The zero-order valence-corrected chi connectivity index (χ0v) is 13.2. The normalized spacial score (nSPS) is 19.4. The Kier molecular flexibility index (Phi) is 3.41. The van der Waals surface area contributed by atoms with Crippen LogP contribution in [-0.2, 0) is 9.31 Å². The second-order valence-electron chi connectivity index (χ2n) is 6.15. The van der Waals surface area contributed by atoms with Crippen LogP contribution in [-0.4, -0.2) is 51.0 Å². The Morgan fingerprint density at radius 3 is 2.41 bits per heavy atom. The summed E-state index contributed by atoms with van der Waals surface area (Å²) >= 11 is 0. The van der Waals surface area contributed by atoms with E-state index in [9.17, 15) is 0 Å². The van der Waals surface area contributed by atoms with Gasteiger partial charge in [0, 0.05) is 11.7 Å². The molecule has 116 valence electrons. The number of methoxy groups -OCH3 is 1. The maximum Gasteiger partial charge on any atom is 0.496 e. The highest BCUT2D eigenvalue weighted by atomic mass is 16.7. The van der Waals surface area contributed by atoms with Crippen LogP contribution in [0.15, 0.2) is 12.3 Å². The second-order valence-corrected chi connectivity index (χ2v) is 6.15. The van der Waals surface area contributed by atoms with Crippen molar-refractivity contribution >= 4 is 12.6 Å². The zero-order valence-electron chi connectivity index (χ0n) is 13.2. The van der Waals surface area contributed by atoms with E-state index < -0.39 is 18.3 Å².